The second-order valence-electron chi connectivity index (χ2n) is 7.93. The number of nitriles is 1. The van der Waals surface area contributed by atoms with Gasteiger partial charge in [0.25, 0.3) is 10.0 Å². The number of benzene rings is 1. The first kappa shape index (κ1) is 24.5. The molecule has 0 aliphatic rings. The molecule has 0 spiro atoms. The van der Waals surface area contributed by atoms with Gasteiger partial charge in [0.2, 0.25) is 0 Å². The van der Waals surface area contributed by atoms with E-state index in [0.717, 1.165) is 17.0 Å². The number of nitrogens with one attached hydrogen (secondary N) is 1. The van der Waals surface area contributed by atoms with Crippen LogP contribution in [0.15, 0.2) is 66.1 Å². The Morgan fingerprint density at radius 1 is 0.944 bits per heavy atom. The second kappa shape index (κ2) is 10.3. The predicted molar refractivity (Wildman–Crippen MR) is 136 cm³/mol. The van der Waals surface area contributed by atoms with Crippen LogP contribution in [0, 0.1) is 37.0 Å². The number of hydrogen-bond donors (Lipinski definition) is 1. The summed E-state index contributed by atoms with van der Waals surface area (Å²) < 4.78 is 28.3. The number of aromatic nitrogens is 4. The third kappa shape index (κ3) is 5.38. The van der Waals surface area contributed by atoms with Crippen molar-refractivity contribution >= 4 is 15.7 Å². The zero-order chi connectivity index (χ0) is 25.7. The van der Waals surface area contributed by atoms with E-state index in [2.05, 4.69) is 36.5 Å². The number of aryl methyl sites for hydroxylation is 3. The Hall–Kier alpha value is -4.60. The quantitative estimate of drug-likeness (QED) is 0.413. The zero-order valence-electron chi connectivity index (χ0n) is 19.9. The highest BCUT2D eigenvalue weighted by atomic mass is 32.2. The van der Waals surface area contributed by atoms with Crippen LogP contribution in [0.2, 0.25) is 0 Å². The van der Waals surface area contributed by atoms with Crippen LogP contribution in [0.1, 0.15) is 40.7 Å². The first-order valence-electron chi connectivity index (χ1n) is 11.1. The van der Waals surface area contributed by atoms with Crippen molar-refractivity contribution in [2.24, 2.45) is 0 Å². The minimum Gasteiger partial charge on any atom is -0.278 e. The second-order valence-corrected chi connectivity index (χ2v) is 9.61. The molecule has 1 aromatic carbocycles. The molecule has 0 amide bonds. The van der Waals surface area contributed by atoms with Crippen LogP contribution in [0.3, 0.4) is 0 Å². The topological polar surface area (TPSA) is 122 Å². The molecule has 178 valence electrons. The highest BCUT2D eigenvalue weighted by Crippen LogP contribution is 2.24. The normalized spacial score (nSPS) is 10.7. The van der Waals surface area contributed by atoms with Gasteiger partial charge in [-0.3, -0.25) is 14.7 Å². The lowest BCUT2D eigenvalue weighted by molar-refractivity contribution is 0.601. The summed E-state index contributed by atoms with van der Waals surface area (Å²) in [7, 11) is -3.88. The maximum Gasteiger partial charge on any atom is 0.261 e. The Kier molecular flexibility index (Phi) is 7.05. The van der Waals surface area contributed by atoms with E-state index >= 15 is 0 Å². The standard InChI is InChI=1S/C27H22N6O2S/c1-4-25-24(27(32-17-31-25)22-11-12-29-18(2)13-22)10-7-21-14-26(19(3)30-16-21)33-36(34,35)23-8-5-20(15-28)6-9-23/h5-6,8-9,11-14,16-17,33H,4H2,1-3H3. The minimum atomic E-state index is -3.88. The van der Waals surface area contributed by atoms with Crippen molar-refractivity contribution in [2.75, 3.05) is 4.72 Å². The first-order valence-corrected chi connectivity index (χ1v) is 12.6. The van der Waals surface area contributed by atoms with Gasteiger partial charge < -0.3 is 0 Å². The van der Waals surface area contributed by atoms with Crippen LogP contribution in [0.25, 0.3) is 11.3 Å². The molecule has 3 aromatic heterocycles. The van der Waals surface area contributed by atoms with Crippen molar-refractivity contribution in [1.82, 2.24) is 19.9 Å². The van der Waals surface area contributed by atoms with Crippen LogP contribution in [0.5, 0.6) is 0 Å². The van der Waals surface area contributed by atoms with Gasteiger partial charge in [0, 0.05) is 29.2 Å². The molecule has 0 aliphatic heterocycles. The van der Waals surface area contributed by atoms with Gasteiger partial charge in [0.15, 0.2) is 0 Å². The maximum absolute atomic E-state index is 12.9. The molecule has 9 heteroatoms. The smallest absolute Gasteiger partial charge is 0.261 e. The van der Waals surface area contributed by atoms with Crippen molar-refractivity contribution in [3.8, 4) is 29.2 Å². The van der Waals surface area contributed by atoms with E-state index < -0.39 is 10.0 Å². The first-order chi connectivity index (χ1) is 17.3. The van der Waals surface area contributed by atoms with Gasteiger partial charge in [-0.1, -0.05) is 18.8 Å². The number of anilines is 1. The van der Waals surface area contributed by atoms with Crippen LogP contribution < -0.4 is 4.72 Å². The van der Waals surface area contributed by atoms with Crippen LogP contribution in [-0.2, 0) is 16.4 Å². The molecule has 8 nitrogen and oxygen atoms in total. The Labute approximate surface area is 210 Å². The summed E-state index contributed by atoms with van der Waals surface area (Å²) in [5.41, 5.74) is 5.70. The van der Waals surface area contributed by atoms with E-state index in [4.69, 9.17) is 5.26 Å². The molecule has 0 bridgehead atoms. The highest BCUT2D eigenvalue weighted by molar-refractivity contribution is 7.92. The van der Waals surface area contributed by atoms with Gasteiger partial charge in [-0.25, -0.2) is 18.4 Å². The van der Waals surface area contributed by atoms with Crippen molar-refractivity contribution in [3.05, 3.63) is 95.0 Å². The Bertz CT molecular complexity index is 1650. The summed E-state index contributed by atoms with van der Waals surface area (Å²) in [5.74, 6) is 6.27. The fraction of sp³-hybridized carbons (Fsp3) is 0.148. The van der Waals surface area contributed by atoms with Gasteiger partial charge in [0.1, 0.15) is 6.33 Å². The van der Waals surface area contributed by atoms with Crippen molar-refractivity contribution in [2.45, 2.75) is 32.1 Å². The lowest BCUT2D eigenvalue weighted by Gasteiger charge is -2.10. The Morgan fingerprint density at radius 3 is 2.42 bits per heavy atom. The summed E-state index contributed by atoms with van der Waals surface area (Å²) in [4.78, 5) is 17.5. The summed E-state index contributed by atoms with van der Waals surface area (Å²) in [5, 5.41) is 8.95. The summed E-state index contributed by atoms with van der Waals surface area (Å²) >= 11 is 0. The maximum atomic E-state index is 12.9. The third-order valence-electron chi connectivity index (χ3n) is 5.39. The molecule has 0 fully saturated rings. The molecule has 0 aliphatic carbocycles. The highest BCUT2D eigenvalue weighted by Gasteiger charge is 2.16. The number of rotatable bonds is 5. The fourth-order valence-electron chi connectivity index (χ4n) is 3.48. The van der Waals surface area contributed by atoms with E-state index in [1.807, 2.05) is 32.0 Å². The third-order valence-corrected chi connectivity index (χ3v) is 6.77. The molecule has 4 rings (SSSR count). The number of hydrogen-bond acceptors (Lipinski definition) is 7. The summed E-state index contributed by atoms with van der Waals surface area (Å²) in [6.45, 7) is 5.62. The van der Waals surface area contributed by atoms with Crippen LogP contribution in [-0.4, -0.2) is 28.4 Å². The number of nitrogens with zero attached hydrogens (tertiary/aromatic N) is 5. The lowest BCUT2D eigenvalue weighted by atomic mass is 10.0. The van der Waals surface area contributed by atoms with Crippen molar-refractivity contribution < 1.29 is 8.42 Å². The van der Waals surface area contributed by atoms with E-state index in [1.54, 1.807) is 25.4 Å². The largest absolute Gasteiger partial charge is 0.278 e. The monoisotopic (exact) mass is 494 g/mol. The van der Waals surface area contributed by atoms with Gasteiger partial charge >= 0.3 is 0 Å². The molecule has 4 aromatic rings. The molecule has 0 atom stereocenters. The molecular formula is C27H22N6O2S. The van der Waals surface area contributed by atoms with Gasteiger partial charge in [-0.15, -0.1) is 0 Å². The molecule has 36 heavy (non-hydrogen) atoms. The van der Waals surface area contributed by atoms with E-state index in [-0.39, 0.29) is 4.90 Å². The predicted octanol–water partition coefficient (Wildman–Crippen LogP) is 4.19. The van der Waals surface area contributed by atoms with Crippen LogP contribution >= 0.6 is 0 Å². The molecule has 0 radical (unpaired) electrons. The number of sulfonamides is 1. The van der Waals surface area contributed by atoms with E-state index in [1.165, 1.54) is 30.6 Å². The molecular weight excluding hydrogens is 472 g/mol. The average Bonchev–Trinajstić information content (AvgIpc) is 2.88. The van der Waals surface area contributed by atoms with Crippen molar-refractivity contribution in [1.29, 1.82) is 5.26 Å². The lowest BCUT2D eigenvalue weighted by Crippen LogP contribution is -2.14. The summed E-state index contributed by atoms with van der Waals surface area (Å²) in [6.07, 6.45) is 5.52. The van der Waals surface area contributed by atoms with Gasteiger partial charge in [0.05, 0.1) is 44.9 Å². The average molecular weight is 495 g/mol. The van der Waals surface area contributed by atoms with Crippen molar-refractivity contribution in [3.63, 3.8) is 0 Å². The molecule has 0 saturated carbocycles. The Balaban J connectivity index is 1.70. The zero-order valence-corrected chi connectivity index (χ0v) is 20.8. The molecule has 0 unspecified atom stereocenters. The molecule has 0 saturated heterocycles. The van der Waals surface area contributed by atoms with Crippen LogP contribution in [0.4, 0.5) is 5.69 Å². The number of pyridine rings is 2. The van der Waals surface area contributed by atoms with Gasteiger partial charge in [-0.2, -0.15) is 5.26 Å². The molecule has 1 N–H and O–H groups in total. The summed E-state index contributed by atoms with van der Waals surface area (Å²) in [6, 6.07) is 13.1. The molecule has 3 heterocycles. The van der Waals surface area contributed by atoms with Gasteiger partial charge in [-0.05, 0) is 62.7 Å². The Morgan fingerprint density at radius 2 is 1.72 bits per heavy atom. The van der Waals surface area contributed by atoms with E-state index in [9.17, 15) is 8.42 Å². The van der Waals surface area contributed by atoms with E-state index in [0.29, 0.717) is 40.2 Å². The minimum absolute atomic E-state index is 0.0451. The SMILES string of the molecule is CCc1ncnc(-c2ccnc(C)c2)c1C#Cc1cnc(C)c(NS(=O)(=O)c2ccc(C#N)cc2)c1. The fourth-order valence-corrected chi connectivity index (χ4v) is 4.59.